The van der Waals surface area contributed by atoms with E-state index in [1.165, 1.54) is 0 Å². The highest BCUT2D eigenvalue weighted by Crippen LogP contribution is 1.84. The summed E-state index contributed by atoms with van der Waals surface area (Å²) in [6.45, 7) is 3.51. The molecule has 0 aliphatic heterocycles. The van der Waals surface area contributed by atoms with Crippen LogP contribution in [0.2, 0.25) is 0 Å². The molecule has 0 rings (SSSR count). The van der Waals surface area contributed by atoms with Crippen molar-refractivity contribution in [1.82, 2.24) is 0 Å². The highest BCUT2D eigenvalue weighted by atomic mass is 127. The second-order valence-electron chi connectivity index (χ2n) is 0.947. The Hall–Kier alpha value is 0.0300. The molecular formula is C6H6I. The predicted molar refractivity (Wildman–Crippen MR) is 40.9 cm³/mol. The summed E-state index contributed by atoms with van der Waals surface area (Å²) in [5.41, 5.74) is 0. The SMILES string of the molecule is C=C[CH]CC#CI. The second-order valence-corrected chi connectivity index (χ2v) is 1.49. The van der Waals surface area contributed by atoms with Gasteiger partial charge in [-0.3, -0.25) is 0 Å². The van der Waals surface area contributed by atoms with Crippen LogP contribution in [0.4, 0.5) is 0 Å². The molecule has 0 heterocycles. The van der Waals surface area contributed by atoms with Gasteiger partial charge in [-0.05, 0) is 10.3 Å². The number of hydrogen-bond acceptors (Lipinski definition) is 0. The number of rotatable bonds is 2. The third-order valence-electron chi connectivity index (χ3n) is 0.453. The summed E-state index contributed by atoms with van der Waals surface area (Å²) >= 11 is 2.01. The molecule has 0 bridgehead atoms. The van der Waals surface area contributed by atoms with E-state index in [4.69, 9.17) is 0 Å². The number of halogens is 1. The molecule has 7 heavy (non-hydrogen) atoms. The van der Waals surface area contributed by atoms with Crippen molar-refractivity contribution in [3.63, 3.8) is 0 Å². The largest absolute Gasteiger partial charge is 0.103 e. The lowest BCUT2D eigenvalue weighted by Crippen LogP contribution is -1.60. The number of allylic oxidation sites excluding steroid dienone is 1. The van der Waals surface area contributed by atoms with E-state index in [2.05, 4.69) is 16.4 Å². The molecule has 0 aromatic carbocycles. The molecule has 0 N–H and O–H groups in total. The normalized spacial score (nSPS) is 6.43. The van der Waals surface area contributed by atoms with Crippen LogP contribution in [0.3, 0.4) is 0 Å². The minimum Gasteiger partial charge on any atom is -0.103 e. The monoisotopic (exact) mass is 205 g/mol. The first-order chi connectivity index (χ1) is 3.41. The fourth-order valence-electron chi connectivity index (χ4n) is 0.181. The Morgan fingerprint density at radius 3 is 2.86 bits per heavy atom. The minimum atomic E-state index is 0.826. The summed E-state index contributed by atoms with van der Waals surface area (Å²) in [6.07, 6.45) is 4.50. The van der Waals surface area contributed by atoms with Crippen molar-refractivity contribution in [2.45, 2.75) is 6.42 Å². The van der Waals surface area contributed by atoms with Gasteiger partial charge in [-0.2, -0.15) is 0 Å². The van der Waals surface area contributed by atoms with Gasteiger partial charge < -0.3 is 0 Å². The Morgan fingerprint density at radius 1 is 1.71 bits per heavy atom. The van der Waals surface area contributed by atoms with E-state index in [0.717, 1.165) is 6.42 Å². The van der Waals surface area contributed by atoms with Crippen LogP contribution >= 0.6 is 22.6 Å². The summed E-state index contributed by atoms with van der Waals surface area (Å²) in [7, 11) is 0. The maximum Gasteiger partial charge on any atom is 0.0181 e. The molecule has 0 unspecified atom stereocenters. The predicted octanol–water partition coefficient (Wildman–Crippen LogP) is 2.16. The van der Waals surface area contributed by atoms with Crippen LogP contribution in [0.1, 0.15) is 6.42 Å². The van der Waals surface area contributed by atoms with Crippen LogP contribution in [0.5, 0.6) is 0 Å². The van der Waals surface area contributed by atoms with E-state index in [1.54, 1.807) is 6.08 Å². The van der Waals surface area contributed by atoms with Crippen molar-refractivity contribution < 1.29 is 0 Å². The second kappa shape index (κ2) is 6.03. The molecule has 0 saturated carbocycles. The van der Waals surface area contributed by atoms with E-state index in [-0.39, 0.29) is 0 Å². The molecule has 0 aromatic rings. The molecule has 0 amide bonds. The lowest BCUT2D eigenvalue weighted by atomic mass is 10.3. The minimum absolute atomic E-state index is 0.826. The molecule has 0 aliphatic rings. The molecular weight excluding hydrogens is 199 g/mol. The summed E-state index contributed by atoms with van der Waals surface area (Å²) in [6, 6.07) is 0. The standard InChI is InChI=1S/C6H6I/c1-2-3-4-5-6-7/h2-3H,1,4H2. The Kier molecular flexibility index (Phi) is 6.06. The van der Waals surface area contributed by atoms with Gasteiger partial charge in [-0.25, -0.2) is 0 Å². The number of unbranched alkanes of at least 4 members (excludes halogenated alkanes) is 1. The summed E-state index contributed by atoms with van der Waals surface area (Å²) in [4.78, 5) is 0. The van der Waals surface area contributed by atoms with Gasteiger partial charge in [0.15, 0.2) is 0 Å². The van der Waals surface area contributed by atoms with Gasteiger partial charge in [-0.15, -0.1) is 6.58 Å². The zero-order chi connectivity index (χ0) is 5.54. The summed E-state index contributed by atoms with van der Waals surface area (Å²) in [5, 5.41) is 0. The quantitative estimate of drug-likeness (QED) is 0.368. The van der Waals surface area contributed by atoms with Gasteiger partial charge in [0.2, 0.25) is 0 Å². The highest BCUT2D eigenvalue weighted by Gasteiger charge is 1.68. The molecule has 0 nitrogen and oxygen atoms in total. The lowest BCUT2D eigenvalue weighted by Gasteiger charge is -1.74. The average molecular weight is 205 g/mol. The Labute approximate surface area is 58.1 Å². The van der Waals surface area contributed by atoms with Crippen molar-refractivity contribution in [2.24, 2.45) is 0 Å². The first kappa shape index (κ1) is 7.03. The Bertz CT molecular complexity index is 94.5. The fraction of sp³-hybridized carbons (Fsp3) is 0.167. The first-order valence-electron chi connectivity index (χ1n) is 1.94. The summed E-state index contributed by atoms with van der Waals surface area (Å²) in [5.74, 6) is 2.86. The van der Waals surface area contributed by atoms with Gasteiger partial charge in [0, 0.05) is 29.0 Å². The van der Waals surface area contributed by atoms with Gasteiger partial charge in [-0.1, -0.05) is 12.0 Å². The van der Waals surface area contributed by atoms with E-state index < -0.39 is 0 Å². The van der Waals surface area contributed by atoms with Crippen LogP contribution in [0, 0.1) is 16.3 Å². The Balaban J connectivity index is 2.92. The zero-order valence-corrected chi connectivity index (χ0v) is 6.10. The van der Waals surface area contributed by atoms with Crippen LogP contribution in [0.15, 0.2) is 12.7 Å². The third kappa shape index (κ3) is 6.03. The van der Waals surface area contributed by atoms with Gasteiger partial charge in [0.1, 0.15) is 0 Å². The van der Waals surface area contributed by atoms with Crippen LogP contribution in [0.25, 0.3) is 0 Å². The lowest BCUT2D eigenvalue weighted by molar-refractivity contribution is 1.36. The van der Waals surface area contributed by atoms with E-state index in [1.807, 2.05) is 29.0 Å². The van der Waals surface area contributed by atoms with E-state index >= 15 is 0 Å². The maximum absolute atomic E-state index is 3.51. The van der Waals surface area contributed by atoms with Crippen molar-refractivity contribution in [3.8, 4) is 9.85 Å². The summed E-state index contributed by atoms with van der Waals surface area (Å²) < 4.78 is 2.74. The van der Waals surface area contributed by atoms with Crippen molar-refractivity contribution in [3.05, 3.63) is 19.1 Å². The Morgan fingerprint density at radius 2 is 2.43 bits per heavy atom. The topological polar surface area (TPSA) is 0 Å². The van der Waals surface area contributed by atoms with Crippen molar-refractivity contribution >= 4 is 22.6 Å². The van der Waals surface area contributed by atoms with Crippen LogP contribution in [-0.2, 0) is 0 Å². The van der Waals surface area contributed by atoms with E-state index in [9.17, 15) is 0 Å². The van der Waals surface area contributed by atoms with E-state index in [0.29, 0.717) is 0 Å². The smallest absolute Gasteiger partial charge is 0.0181 e. The average Bonchev–Trinajstić information content (AvgIpc) is 1.69. The highest BCUT2D eigenvalue weighted by molar-refractivity contribution is 14.1. The van der Waals surface area contributed by atoms with Gasteiger partial charge >= 0.3 is 0 Å². The molecule has 1 heteroatoms. The number of hydrogen-bond donors (Lipinski definition) is 0. The molecule has 0 fully saturated rings. The van der Waals surface area contributed by atoms with Crippen molar-refractivity contribution in [2.75, 3.05) is 0 Å². The first-order valence-corrected chi connectivity index (χ1v) is 3.02. The fourth-order valence-corrected chi connectivity index (χ4v) is 0.401. The zero-order valence-electron chi connectivity index (χ0n) is 3.95. The van der Waals surface area contributed by atoms with Crippen LogP contribution in [-0.4, -0.2) is 0 Å². The molecule has 0 spiro atoms. The maximum atomic E-state index is 3.51. The molecule has 37 valence electrons. The molecule has 1 radical (unpaired) electrons. The molecule has 0 atom stereocenters. The molecule has 0 aromatic heterocycles. The third-order valence-corrected chi connectivity index (χ3v) is 0.835. The molecule has 0 saturated heterocycles. The molecule has 0 aliphatic carbocycles. The van der Waals surface area contributed by atoms with Gasteiger partial charge in [0.05, 0.1) is 0 Å². The van der Waals surface area contributed by atoms with Gasteiger partial charge in [0.25, 0.3) is 0 Å². The van der Waals surface area contributed by atoms with Crippen molar-refractivity contribution in [1.29, 1.82) is 0 Å². The van der Waals surface area contributed by atoms with Crippen LogP contribution < -0.4 is 0 Å².